The van der Waals surface area contributed by atoms with Gasteiger partial charge in [-0.2, -0.15) is 0 Å². The molecule has 3 aromatic rings. The van der Waals surface area contributed by atoms with Crippen molar-refractivity contribution in [3.63, 3.8) is 0 Å². The highest BCUT2D eigenvalue weighted by atomic mass is 16.5. The number of nitrogens with one attached hydrogen (secondary N) is 2. The second-order valence-electron chi connectivity index (χ2n) is 7.01. The van der Waals surface area contributed by atoms with Crippen LogP contribution >= 0.6 is 0 Å². The van der Waals surface area contributed by atoms with Crippen LogP contribution in [0.1, 0.15) is 24.5 Å². The number of fused-ring (bicyclic) bond motifs is 1. The Morgan fingerprint density at radius 1 is 1.29 bits per heavy atom. The molecule has 2 amide bonds. The number of ether oxygens (including phenoxy) is 1. The molecule has 28 heavy (non-hydrogen) atoms. The molecule has 0 bridgehead atoms. The predicted molar refractivity (Wildman–Crippen MR) is 108 cm³/mol. The molecular formula is C21H23N5O2. The molecule has 1 aromatic carbocycles. The van der Waals surface area contributed by atoms with Crippen molar-refractivity contribution in [3.05, 3.63) is 47.8 Å². The van der Waals surface area contributed by atoms with Gasteiger partial charge in [-0.15, -0.1) is 10.2 Å². The van der Waals surface area contributed by atoms with Gasteiger partial charge in [-0.05, 0) is 60.7 Å². The highest BCUT2D eigenvalue weighted by molar-refractivity contribution is 5.93. The number of nitrogens with zero attached hydrogens (tertiary/aromatic N) is 3. The number of benzene rings is 1. The van der Waals surface area contributed by atoms with E-state index in [1.54, 1.807) is 0 Å². The lowest BCUT2D eigenvalue weighted by Crippen LogP contribution is -2.38. The average Bonchev–Trinajstić information content (AvgIpc) is 3.20. The van der Waals surface area contributed by atoms with Crippen molar-refractivity contribution >= 4 is 22.8 Å². The summed E-state index contributed by atoms with van der Waals surface area (Å²) in [7, 11) is 0. The molecule has 0 radical (unpaired) electrons. The molecule has 3 heterocycles. The van der Waals surface area contributed by atoms with Crippen LogP contribution in [0.2, 0.25) is 0 Å². The third-order valence-corrected chi connectivity index (χ3v) is 4.99. The standard InChI is InChI=1S/C21H23N5O2/c1-3-14-4-6-22-11-18(14)15-8-13(2)20-16(9-15)10-19(25-26-20)24-21(27)23-17-5-7-28-12-17/h4,6,8-11,17H,3,5,7,12H2,1-2H3,(H2,23,24,25,27). The lowest BCUT2D eigenvalue weighted by Gasteiger charge is -2.13. The first-order valence-electron chi connectivity index (χ1n) is 9.50. The summed E-state index contributed by atoms with van der Waals surface area (Å²) in [6.07, 6.45) is 5.47. The minimum absolute atomic E-state index is 0.0420. The maximum Gasteiger partial charge on any atom is 0.320 e. The van der Waals surface area contributed by atoms with Crippen LogP contribution in [0.3, 0.4) is 0 Å². The Labute approximate surface area is 163 Å². The second kappa shape index (κ2) is 7.90. The van der Waals surface area contributed by atoms with Gasteiger partial charge >= 0.3 is 6.03 Å². The van der Waals surface area contributed by atoms with Gasteiger partial charge in [0.05, 0.1) is 18.2 Å². The van der Waals surface area contributed by atoms with Gasteiger partial charge in [0.1, 0.15) is 0 Å². The third-order valence-electron chi connectivity index (χ3n) is 4.99. The molecule has 1 fully saturated rings. The number of carbonyl (C=O) groups excluding carboxylic acids is 1. The Kier molecular flexibility index (Phi) is 5.16. The maximum absolute atomic E-state index is 12.2. The summed E-state index contributed by atoms with van der Waals surface area (Å²) in [5, 5.41) is 15.0. The van der Waals surface area contributed by atoms with E-state index in [1.165, 1.54) is 5.56 Å². The van der Waals surface area contributed by atoms with Gasteiger partial charge in [-0.25, -0.2) is 4.79 Å². The number of urea groups is 1. The Morgan fingerprint density at radius 3 is 2.96 bits per heavy atom. The molecule has 4 rings (SSSR count). The zero-order chi connectivity index (χ0) is 19.5. The second-order valence-corrected chi connectivity index (χ2v) is 7.01. The Bertz CT molecular complexity index is 1010. The van der Waals surface area contributed by atoms with E-state index in [1.807, 2.05) is 31.5 Å². The number of aryl methyl sites for hydroxylation is 2. The van der Waals surface area contributed by atoms with Crippen LogP contribution in [-0.4, -0.2) is 40.5 Å². The first kappa shape index (κ1) is 18.3. The fraction of sp³-hybridized carbons (Fsp3) is 0.333. The fourth-order valence-electron chi connectivity index (χ4n) is 3.53. The monoisotopic (exact) mass is 377 g/mol. The molecule has 1 aliphatic rings. The van der Waals surface area contributed by atoms with Gasteiger partial charge in [-0.1, -0.05) is 6.92 Å². The predicted octanol–water partition coefficient (Wildman–Crippen LogP) is 3.47. The molecule has 144 valence electrons. The lowest BCUT2D eigenvalue weighted by atomic mass is 9.97. The van der Waals surface area contributed by atoms with Crippen molar-refractivity contribution in [1.82, 2.24) is 20.5 Å². The van der Waals surface area contributed by atoms with Gasteiger partial charge < -0.3 is 10.1 Å². The molecule has 1 aliphatic heterocycles. The number of hydrogen-bond acceptors (Lipinski definition) is 5. The number of rotatable bonds is 4. The molecule has 2 N–H and O–H groups in total. The quantitative estimate of drug-likeness (QED) is 0.727. The minimum atomic E-state index is -0.294. The summed E-state index contributed by atoms with van der Waals surface area (Å²) in [4.78, 5) is 16.5. The van der Waals surface area contributed by atoms with E-state index < -0.39 is 0 Å². The van der Waals surface area contributed by atoms with Gasteiger partial charge in [-0.3, -0.25) is 10.3 Å². The van der Waals surface area contributed by atoms with Crippen LogP contribution in [-0.2, 0) is 11.2 Å². The number of amides is 2. The van der Waals surface area contributed by atoms with Crippen LogP contribution in [0.15, 0.2) is 36.7 Å². The zero-order valence-electron chi connectivity index (χ0n) is 16.0. The van der Waals surface area contributed by atoms with Gasteiger partial charge in [0.15, 0.2) is 5.82 Å². The van der Waals surface area contributed by atoms with E-state index in [-0.39, 0.29) is 12.1 Å². The average molecular weight is 377 g/mol. The van der Waals surface area contributed by atoms with E-state index >= 15 is 0 Å². The molecule has 0 saturated carbocycles. The number of hydrogen-bond donors (Lipinski definition) is 2. The van der Waals surface area contributed by atoms with Crippen LogP contribution < -0.4 is 10.6 Å². The van der Waals surface area contributed by atoms with E-state index in [9.17, 15) is 4.79 Å². The minimum Gasteiger partial charge on any atom is -0.379 e. The van der Waals surface area contributed by atoms with Crippen molar-refractivity contribution in [2.75, 3.05) is 18.5 Å². The first-order chi connectivity index (χ1) is 13.6. The van der Waals surface area contributed by atoms with Crippen LogP contribution in [0.5, 0.6) is 0 Å². The Balaban J connectivity index is 1.63. The smallest absolute Gasteiger partial charge is 0.320 e. The van der Waals surface area contributed by atoms with E-state index in [2.05, 4.69) is 44.9 Å². The topological polar surface area (TPSA) is 89.0 Å². The first-order valence-corrected chi connectivity index (χ1v) is 9.50. The molecule has 7 heteroatoms. The van der Waals surface area contributed by atoms with Gasteiger partial charge in [0, 0.05) is 30.0 Å². The number of aromatic nitrogens is 3. The van der Waals surface area contributed by atoms with Crippen molar-refractivity contribution in [1.29, 1.82) is 0 Å². The van der Waals surface area contributed by atoms with Gasteiger partial charge in [0.2, 0.25) is 0 Å². The number of pyridine rings is 1. The summed E-state index contributed by atoms with van der Waals surface area (Å²) in [6, 6.07) is 7.82. The van der Waals surface area contributed by atoms with Crippen molar-refractivity contribution in [2.45, 2.75) is 32.7 Å². The van der Waals surface area contributed by atoms with E-state index in [4.69, 9.17) is 4.74 Å². The largest absolute Gasteiger partial charge is 0.379 e. The highest BCUT2D eigenvalue weighted by Crippen LogP contribution is 2.29. The lowest BCUT2D eigenvalue weighted by molar-refractivity contribution is 0.189. The fourth-order valence-corrected chi connectivity index (χ4v) is 3.53. The van der Waals surface area contributed by atoms with Crippen LogP contribution in [0.25, 0.3) is 22.0 Å². The molecule has 0 spiro atoms. The molecule has 0 aliphatic carbocycles. The Hall–Kier alpha value is -3.06. The SMILES string of the molecule is CCc1ccncc1-c1cc(C)c2nnc(NC(=O)NC3CCOC3)cc2c1. The van der Waals surface area contributed by atoms with Crippen LogP contribution in [0.4, 0.5) is 10.6 Å². The van der Waals surface area contributed by atoms with Crippen molar-refractivity contribution < 1.29 is 9.53 Å². The van der Waals surface area contributed by atoms with Crippen molar-refractivity contribution in [2.24, 2.45) is 0 Å². The molecule has 2 aromatic heterocycles. The Morgan fingerprint density at radius 2 is 2.18 bits per heavy atom. The summed E-state index contributed by atoms with van der Waals surface area (Å²) < 4.78 is 5.28. The summed E-state index contributed by atoms with van der Waals surface area (Å²) in [5.74, 6) is 0.419. The molecule has 1 atom stereocenters. The van der Waals surface area contributed by atoms with E-state index in [0.29, 0.717) is 19.0 Å². The highest BCUT2D eigenvalue weighted by Gasteiger charge is 2.18. The molecule has 7 nitrogen and oxygen atoms in total. The molecule has 1 saturated heterocycles. The maximum atomic E-state index is 12.2. The summed E-state index contributed by atoms with van der Waals surface area (Å²) >= 11 is 0. The normalized spacial score (nSPS) is 16.3. The van der Waals surface area contributed by atoms with Crippen molar-refractivity contribution in [3.8, 4) is 11.1 Å². The number of carbonyl (C=O) groups is 1. The van der Waals surface area contributed by atoms with Crippen LogP contribution in [0, 0.1) is 6.92 Å². The molecular weight excluding hydrogens is 354 g/mol. The zero-order valence-corrected chi connectivity index (χ0v) is 16.0. The van der Waals surface area contributed by atoms with E-state index in [0.717, 1.165) is 40.4 Å². The number of anilines is 1. The molecule has 1 unspecified atom stereocenters. The summed E-state index contributed by atoms with van der Waals surface area (Å²) in [5.41, 5.74) is 5.29. The third kappa shape index (κ3) is 3.80. The van der Waals surface area contributed by atoms with Gasteiger partial charge in [0.25, 0.3) is 0 Å². The summed E-state index contributed by atoms with van der Waals surface area (Å²) in [6.45, 7) is 5.37.